The summed E-state index contributed by atoms with van der Waals surface area (Å²) in [6, 6.07) is 5.47. The highest BCUT2D eigenvalue weighted by atomic mass is 16.2. The minimum absolute atomic E-state index is 0.0614. The molecule has 2 aromatic rings. The molecule has 4 aliphatic rings. The zero-order valence-electron chi connectivity index (χ0n) is 21.6. The standard InChI is InChI=1S/C22H25N3O2.C4H11N.C2H6/c1-13(26)17-10-25-18(3-2-4-19(25)24-17)20(27)23-12-21-7-14-5-15-6-16(9-21)22(15,8-14)11-21;1-3-4-5-2;1-2/h2-4,10,14-16H,5-9,11-12H2,1H3,(H,23,27);5H,3-4H2,1-2H3;1-2H3. The maximum atomic E-state index is 13.0. The van der Waals surface area contributed by atoms with Crippen LogP contribution in [-0.2, 0) is 0 Å². The van der Waals surface area contributed by atoms with Crippen molar-refractivity contribution in [3.63, 3.8) is 0 Å². The number of fused-ring (bicyclic) bond motifs is 3. The summed E-state index contributed by atoms with van der Waals surface area (Å²) in [6.07, 6.45) is 11.2. The summed E-state index contributed by atoms with van der Waals surface area (Å²) in [5, 5.41) is 6.27. The van der Waals surface area contributed by atoms with Crippen molar-refractivity contribution in [1.82, 2.24) is 20.0 Å². The third kappa shape index (κ3) is 4.19. The minimum Gasteiger partial charge on any atom is -0.350 e. The molecule has 6 nitrogen and oxygen atoms in total. The number of carbonyl (C=O) groups is 2. The van der Waals surface area contributed by atoms with Gasteiger partial charge in [0.1, 0.15) is 17.0 Å². The monoisotopic (exact) mass is 466 g/mol. The molecule has 0 saturated heterocycles. The Kier molecular flexibility index (Phi) is 7.18. The van der Waals surface area contributed by atoms with Gasteiger partial charge in [0.25, 0.3) is 5.91 Å². The molecule has 6 rings (SSSR count). The van der Waals surface area contributed by atoms with Crippen LogP contribution in [0.25, 0.3) is 5.65 Å². The lowest BCUT2D eigenvalue weighted by Gasteiger charge is -2.49. The number of nitrogens with one attached hydrogen (secondary N) is 2. The lowest BCUT2D eigenvalue weighted by Crippen LogP contribution is -2.43. The van der Waals surface area contributed by atoms with E-state index in [0.717, 1.165) is 30.8 Å². The number of carbonyl (C=O) groups excluding carboxylic acids is 2. The number of aromatic nitrogens is 2. The third-order valence-electron chi connectivity index (χ3n) is 8.80. The number of hydrogen-bond acceptors (Lipinski definition) is 4. The predicted molar refractivity (Wildman–Crippen MR) is 136 cm³/mol. The first kappa shape index (κ1) is 24.9. The molecule has 4 saturated carbocycles. The van der Waals surface area contributed by atoms with Crippen molar-refractivity contribution in [2.75, 3.05) is 20.1 Å². The van der Waals surface area contributed by atoms with Crippen LogP contribution in [0.4, 0.5) is 0 Å². The molecule has 6 heteroatoms. The van der Waals surface area contributed by atoms with Crippen LogP contribution in [-0.4, -0.2) is 41.2 Å². The molecule has 0 aliphatic heterocycles. The number of amides is 1. The summed E-state index contributed by atoms with van der Waals surface area (Å²) < 4.78 is 1.74. The van der Waals surface area contributed by atoms with E-state index in [1.807, 2.05) is 39.1 Å². The summed E-state index contributed by atoms with van der Waals surface area (Å²) in [4.78, 5) is 28.9. The van der Waals surface area contributed by atoms with E-state index in [2.05, 4.69) is 22.5 Å². The summed E-state index contributed by atoms with van der Waals surface area (Å²) in [6.45, 7) is 9.58. The Bertz CT molecular complexity index is 1040. The van der Waals surface area contributed by atoms with Crippen LogP contribution >= 0.6 is 0 Å². The van der Waals surface area contributed by atoms with Crippen LogP contribution < -0.4 is 10.6 Å². The molecule has 5 atom stereocenters. The van der Waals surface area contributed by atoms with Crippen molar-refractivity contribution in [3.05, 3.63) is 35.8 Å². The lowest BCUT2D eigenvalue weighted by atomic mass is 9.55. The van der Waals surface area contributed by atoms with Crippen LogP contribution in [0.1, 0.15) is 93.6 Å². The Labute approximate surface area is 204 Å². The van der Waals surface area contributed by atoms with Gasteiger partial charge in [-0.1, -0.05) is 26.8 Å². The minimum atomic E-state index is -0.0862. The first-order chi connectivity index (χ1) is 16.4. The van der Waals surface area contributed by atoms with Crippen LogP contribution in [0.2, 0.25) is 0 Å². The molecule has 1 amide bonds. The molecule has 2 aromatic heterocycles. The van der Waals surface area contributed by atoms with Gasteiger partial charge >= 0.3 is 0 Å². The Morgan fingerprint density at radius 2 is 1.94 bits per heavy atom. The van der Waals surface area contributed by atoms with Gasteiger partial charge in [-0.05, 0) is 99.3 Å². The number of rotatable bonds is 6. The molecule has 34 heavy (non-hydrogen) atoms. The van der Waals surface area contributed by atoms with Crippen molar-refractivity contribution in [2.24, 2.45) is 28.6 Å². The number of nitrogens with zero attached hydrogens (tertiary/aromatic N) is 2. The van der Waals surface area contributed by atoms with Crippen molar-refractivity contribution in [1.29, 1.82) is 0 Å². The largest absolute Gasteiger partial charge is 0.350 e. The smallest absolute Gasteiger partial charge is 0.268 e. The van der Waals surface area contributed by atoms with Gasteiger partial charge in [0, 0.05) is 19.7 Å². The molecule has 0 radical (unpaired) electrons. The molecular weight excluding hydrogens is 424 g/mol. The van der Waals surface area contributed by atoms with E-state index < -0.39 is 0 Å². The number of pyridine rings is 1. The van der Waals surface area contributed by atoms with E-state index in [1.165, 1.54) is 51.9 Å². The third-order valence-corrected chi connectivity index (χ3v) is 8.80. The second-order valence-electron chi connectivity index (χ2n) is 10.9. The topological polar surface area (TPSA) is 75.5 Å². The molecule has 5 unspecified atom stereocenters. The molecule has 186 valence electrons. The van der Waals surface area contributed by atoms with E-state index in [0.29, 0.717) is 27.9 Å². The maximum absolute atomic E-state index is 13.0. The van der Waals surface area contributed by atoms with E-state index in [-0.39, 0.29) is 11.7 Å². The molecule has 2 heterocycles. The van der Waals surface area contributed by atoms with Crippen LogP contribution in [0.3, 0.4) is 0 Å². The maximum Gasteiger partial charge on any atom is 0.268 e. The molecular formula is C28H42N4O2. The van der Waals surface area contributed by atoms with E-state index in [9.17, 15) is 9.59 Å². The van der Waals surface area contributed by atoms with Gasteiger partial charge in [-0.3, -0.25) is 14.0 Å². The van der Waals surface area contributed by atoms with Crippen LogP contribution in [0, 0.1) is 28.6 Å². The Hall–Kier alpha value is -2.21. The highest BCUT2D eigenvalue weighted by Crippen LogP contribution is 2.78. The zero-order chi connectivity index (χ0) is 24.5. The summed E-state index contributed by atoms with van der Waals surface area (Å²) in [5.74, 6) is 2.65. The second-order valence-corrected chi connectivity index (χ2v) is 10.9. The first-order valence-corrected chi connectivity index (χ1v) is 13.3. The Morgan fingerprint density at radius 3 is 2.62 bits per heavy atom. The van der Waals surface area contributed by atoms with Crippen molar-refractivity contribution < 1.29 is 9.59 Å². The lowest BCUT2D eigenvalue weighted by molar-refractivity contribution is -0.00254. The van der Waals surface area contributed by atoms with Gasteiger partial charge in [-0.2, -0.15) is 0 Å². The number of hydrogen-bond donors (Lipinski definition) is 2. The fraction of sp³-hybridized carbons (Fsp3) is 0.679. The molecule has 3 bridgehead atoms. The zero-order valence-corrected chi connectivity index (χ0v) is 21.6. The van der Waals surface area contributed by atoms with Gasteiger partial charge in [0.2, 0.25) is 0 Å². The Balaban J connectivity index is 0.000000351. The second kappa shape index (κ2) is 9.80. The fourth-order valence-electron chi connectivity index (χ4n) is 7.72. The highest BCUT2D eigenvalue weighted by Gasteiger charge is 2.70. The van der Waals surface area contributed by atoms with Gasteiger partial charge in [0.15, 0.2) is 5.78 Å². The van der Waals surface area contributed by atoms with Gasteiger partial charge < -0.3 is 10.6 Å². The van der Waals surface area contributed by atoms with Gasteiger partial charge in [-0.15, -0.1) is 0 Å². The fourth-order valence-corrected chi connectivity index (χ4v) is 7.72. The van der Waals surface area contributed by atoms with Crippen molar-refractivity contribution in [3.8, 4) is 0 Å². The van der Waals surface area contributed by atoms with Crippen molar-refractivity contribution in [2.45, 2.75) is 72.6 Å². The number of ketones is 1. The average Bonchev–Trinajstić information content (AvgIpc) is 3.41. The van der Waals surface area contributed by atoms with Crippen LogP contribution in [0.5, 0.6) is 0 Å². The summed E-state index contributed by atoms with van der Waals surface area (Å²) in [5.41, 5.74) is 2.56. The number of imidazole rings is 1. The highest BCUT2D eigenvalue weighted by molar-refractivity contribution is 5.95. The average molecular weight is 467 g/mol. The SMILES string of the molecule is CC.CC(=O)c1cn2c(C(=O)NCC34CC5CC6CC(C3)C6(C5)C4)cccc2n1.CCCNC. The predicted octanol–water partition coefficient (Wildman–Crippen LogP) is 5.13. The molecule has 4 aliphatic carbocycles. The van der Waals surface area contributed by atoms with Crippen LogP contribution in [0.15, 0.2) is 24.4 Å². The molecule has 0 aromatic carbocycles. The first-order valence-electron chi connectivity index (χ1n) is 13.3. The van der Waals surface area contributed by atoms with Crippen molar-refractivity contribution >= 4 is 17.3 Å². The normalized spacial score (nSPS) is 31.6. The summed E-state index contributed by atoms with van der Waals surface area (Å²) >= 11 is 0. The molecule has 2 N–H and O–H groups in total. The van der Waals surface area contributed by atoms with E-state index >= 15 is 0 Å². The number of Topliss-reactive ketones (excluding diaryl/α,β-unsaturated/α-hetero) is 1. The Morgan fingerprint density at radius 1 is 1.15 bits per heavy atom. The molecule has 4 fully saturated rings. The van der Waals surface area contributed by atoms with E-state index in [1.54, 1.807) is 10.6 Å². The van der Waals surface area contributed by atoms with Gasteiger partial charge in [0.05, 0.1) is 0 Å². The van der Waals surface area contributed by atoms with Gasteiger partial charge in [-0.25, -0.2) is 4.98 Å². The quantitative estimate of drug-likeness (QED) is 0.579. The van der Waals surface area contributed by atoms with E-state index in [4.69, 9.17) is 0 Å². The molecule has 1 spiro atoms. The summed E-state index contributed by atoms with van der Waals surface area (Å²) in [7, 11) is 1.96.